The van der Waals surface area contributed by atoms with Crippen LogP contribution >= 0.6 is 35.2 Å². The molecule has 1 aliphatic rings. The zero-order chi connectivity index (χ0) is 36.9. The van der Waals surface area contributed by atoms with Crippen LogP contribution in [0.3, 0.4) is 0 Å². The van der Waals surface area contributed by atoms with E-state index < -0.39 is 54.1 Å². The van der Waals surface area contributed by atoms with Gasteiger partial charge in [-0.2, -0.15) is 13.6 Å². The smallest absolute Gasteiger partial charge is 0.490 e. The molecule has 3 aromatic rings. The number of thioether (sulfide) groups is 1. The normalized spacial score (nSPS) is 20.1. The lowest BCUT2D eigenvalue weighted by Crippen LogP contribution is -2.29. The lowest BCUT2D eigenvalue weighted by molar-refractivity contribution is -0.0521. The first-order chi connectivity index (χ1) is 23.5. The van der Waals surface area contributed by atoms with Crippen molar-refractivity contribution in [3.63, 3.8) is 0 Å². The first-order valence-electron chi connectivity index (χ1n) is 14.0. The Balaban J connectivity index is 1.57. The number of fused-ring (bicyclic) bond motifs is 1. The molecule has 2 aromatic heterocycles. The van der Waals surface area contributed by atoms with E-state index >= 15 is 0 Å². The quantitative estimate of drug-likeness (QED) is 0.0469. The topological polar surface area (TPSA) is 309 Å². The summed E-state index contributed by atoms with van der Waals surface area (Å²) in [5.74, 6) is 7.15. The van der Waals surface area contributed by atoms with Gasteiger partial charge in [-0.1, -0.05) is 11.8 Å². The molecule has 0 bridgehead atoms. The fourth-order valence-electron chi connectivity index (χ4n) is 4.80. The molecule has 0 saturated carbocycles. The van der Waals surface area contributed by atoms with Gasteiger partial charge in [0.1, 0.15) is 29.6 Å². The minimum absolute atomic E-state index is 0.00255. The molecule has 4 rings (SSSR count). The molecule has 276 valence electrons. The van der Waals surface area contributed by atoms with Gasteiger partial charge in [-0.15, -0.1) is 11.8 Å². The highest BCUT2D eigenvalue weighted by atomic mass is 32.2. The molecular formula is C25H34N5O16P3S. The van der Waals surface area contributed by atoms with Gasteiger partial charge in [0.15, 0.2) is 5.65 Å². The number of aromatic nitrogens is 3. The van der Waals surface area contributed by atoms with Gasteiger partial charge in [-0.3, -0.25) is 14.3 Å². The molecule has 50 heavy (non-hydrogen) atoms. The number of H-pyrrole nitrogens is 1. The Morgan fingerprint density at radius 1 is 1.08 bits per heavy atom. The number of hydrogen-bond acceptors (Lipinski definition) is 16. The van der Waals surface area contributed by atoms with Gasteiger partial charge < -0.3 is 59.3 Å². The maximum atomic E-state index is 12.8. The molecule has 3 heterocycles. The lowest BCUT2D eigenvalue weighted by Gasteiger charge is -2.21. The second-order valence-corrected chi connectivity index (χ2v) is 15.4. The first-order valence-corrected chi connectivity index (χ1v) is 19.7. The van der Waals surface area contributed by atoms with Crippen molar-refractivity contribution in [1.82, 2.24) is 14.5 Å². The SMILES string of the molecule is COc1cc(OC)c(CSCO[C@H]2C[C@H](n3cc(C#CCN)c4c(=O)[nH]c(N)nc43)O[C@@H]2COP(=O)(O)OP(=O)(O)OP(=O)(O)O)c(OC)c1. The Morgan fingerprint density at radius 2 is 1.76 bits per heavy atom. The number of benzene rings is 1. The fraction of sp³-hybridized carbons (Fsp3) is 0.440. The summed E-state index contributed by atoms with van der Waals surface area (Å²) in [6.07, 6.45) is -1.49. The van der Waals surface area contributed by atoms with Gasteiger partial charge in [0, 0.05) is 36.1 Å². The molecule has 0 spiro atoms. The Hall–Kier alpha value is -2.96. The van der Waals surface area contributed by atoms with E-state index in [9.17, 15) is 28.3 Å². The van der Waals surface area contributed by atoms with E-state index in [-0.39, 0.29) is 41.4 Å². The highest BCUT2D eigenvalue weighted by molar-refractivity contribution is 7.98. The van der Waals surface area contributed by atoms with Crippen LogP contribution in [-0.2, 0) is 42.1 Å². The number of nitrogen functional groups attached to an aromatic ring is 1. The predicted molar refractivity (Wildman–Crippen MR) is 176 cm³/mol. The molecule has 0 aliphatic carbocycles. The molecule has 1 aliphatic heterocycles. The minimum Gasteiger partial charge on any atom is -0.496 e. The Kier molecular flexibility index (Phi) is 13.2. The first kappa shape index (κ1) is 39.8. The van der Waals surface area contributed by atoms with E-state index in [4.69, 9.17) is 49.5 Å². The van der Waals surface area contributed by atoms with Gasteiger partial charge in [-0.05, 0) is 0 Å². The molecule has 2 unspecified atom stereocenters. The fourth-order valence-corrected chi connectivity index (χ4v) is 8.67. The lowest BCUT2D eigenvalue weighted by atomic mass is 10.2. The minimum atomic E-state index is -5.77. The van der Waals surface area contributed by atoms with Crippen LogP contribution in [0.2, 0.25) is 0 Å². The number of rotatable bonds is 16. The number of ether oxygens (including phenoxy) is 5. The summed E-state index contributed by atoms with van der Waals surface area (Å²) in [4.78, 5) is 56.6. The molecule has 1 aromatic carbocycles. The number of nitrogens with one attached hydrogen (secondary N) is 1. The highest BCUT2D eigenvalue weighted by Gasteiger charge is 2.44. The van der Waals surface area contributed by atoms with Crippen LogP contribution < -0.4 is 31.2 Å². The maximum Gasteiger partial charge on any atom is 0.490 e. The summed E-state index contributed by atoms with van der Waals surface area (Å²) in [7, 11) is -12.4. The van der Waals surface area contributed by atoms with Crippen LogP contribution in [0.5, 0.6) is 17.2 Å². The predicted octanol–water partition coefficient (Wildman–Crippen LogP) is 1.55. The summed E-state index contributed by atoms with van der Waals surface area (Å²) < 4.78 is 77.6. The Labute approximate surface area is 287 Å². The summed E-state index contributed by atoms with van der Waals surface area (Å²) in [5, 5.41) is 0.0934. The monoisotopic (exact) mass is 785 g/mol. The molecule has 9 N–H and O–H groups in total. The van der Waals surface area contributed by atoms with Crippen molar-refractivity contribution >= 4 is 52.2 Å². The van der Waals surface area contributed by atoms with E-state index in [1.807, 2.05) is 0 Å². The number of hydrogen-bond donors (Lipinski definition) is 7. The van der Waals surface area contributed by atoms with E-state index in [1.165, 1.54) is 43.9 Å². The second-order valence-electron chi connectivity index (χ2n) is 10.0. The Morgan fingerprint density at radius 3 is 2.36 bits per heavy atom. The molecule has 25 heteroatoms. The zero-order valence-corrected chi connectivity index (χ0v) is 30.0. The molecule has 5 atom stereocenters. The van der Waals surface area contributed by atoms with Crippen molar-refractivity contribution in [3.05, 3.63) is 39.8 Å². The number of phosphoric ester groups is 1. The second kappa shape index (κ2) is 16.6. The third-order valence-corrected chi connectivity index (χ3v) is 11.4. The number of methoxy groups -OCH3 is 3. The number of nitrogens with two attached hydrogens (primary N) is 2. The summed E-state index contributed by atoms with van der Waals surface area (Å²) in [6.45, 7) is -0.803. The summed E-state index contributed by atoms with van der Waals surface area (Å²) >= 11 is 1.30. The highest BCUT2D eigenvalue weighted by Crippen LogP contribution is 2.66. The number of anilines is 1. The van der Waals surface area contributed by atoms with E-state index in [1.54, 1.807) is 12.1 Å². The summed E-state index contributed by atoms with van der Waals surface area (Å²) in [5.41, 5.74) is 11.8. The average Bonchev–Trinajstić information content (AvgIpc) is 3.59. The Bertz CT molecular complexity index is 1930. The number of aromatic amines is 1. The van der Waals surface area contributed by atoms with Crippen molar-refractivity contribution in [2.75, 3.05) is 46.2 Å². The van der Waals surface area contributed by atoms with Gasteiger partial charge in [0.25, 0.3) is 5.56 Å². The van der Waals surface area contributed by atoms with E-state index in [0.717, 1.165) is 0 Å². The van der Waals surface area contributed by atoms with Crippen LogP contribution in [0.25, 0.3) is 11.0 Å². The standard InChI is InChI=1S/C25H34N5O16P3S/c1-39-15-7-17(40-2)16(18(8-15)41-3)12-50-13-42-19-9-21(30-10-14(5-4-6-26)22-23(30)28-25(27)29-24(22)31)44-20(19)11-43-48(35,36)46-49(37,38)45-47(32,33)34/h7-8,10,19-21H,6,9,11-13,26H2,1-3H3,(H,35,36)(H,37,38)(H2,32,33,34)(H3,27,28,29,31)/t19-,20+,21+/m0/s1. The van der Waals surface area contributed by atoms with Gasteiger partial charge >= 0.3 is 23.5 Å². The van der Waals surface area contributed by atoms with Gasteiger partial charge in [0.05, 0.1) is 57.5 Å². The molecule has 1 fully saturated rings. The number of nitrogens with zero attached hydrogens (tertiary/aromatic N) is 2. The van der Waals surface area contributed by atoms with E-state index in [0.29, 0.717) is 28.6 Å². The molecule has 21 nitrogen and oxygen atoms in total. The van der Waals surface area contributed by atoms with Crippen LogP contribution in [0.15, 0.2) is 23.1 Å². The molecule has 0 radical (unpaired) electrons. The maximum absolute atomic E-state index is 12.8. The van der Waals surface area contributed by atoms with Crippen LogP contribution in [-0.4, -0.2) is 86.7 Å². The van der Waals surface area contributed by atoms with E-state index in [2.05, 4.69) is 30.4 Å². The molecule has 1 saturated heterocycles. The van der Waals surface area contributed by atoms with Crippen molar-refractivity contribution in [3.8, 4) is 29.1 Å². The summed E-state index contributed by atoms with van der Waals surface area (Å²) in [6, 6.07) is 3.37. The van der Waals surface area contributed by atoms with Crippen molar-refractivity contribution < 1.29 is 70.1 Å². The average molecular weight is 786 g/mol. The third-order valence-electron chi connectivity index (χ3n) is 6.76. The van der Waals surface area contributed by atoms with Crippen LogP contribution in [0.4, 0.5) is 5.95 Å². The number of phosphoric acid groups is 3. The van der Waals surface area contributed by atoms with Crippen LogP contribution in [0.1, 0.15) is 23.8 Å². The molecule has 0 amide bonds. The largest absolute Gasteiger partial charge is 0.496 e. The third kappa shape index (κ3) is 10.3. The van der Waals surface area contributed by atoms with Gasteiger partial charge in [-0.25, -0.2) is 13.7 Å². The zero-order valence-electron chi connectivity index (χ0n) is 26.5. The van der Waals surface area contributed by atoms with Gasteiger partial charge in [0.2, 0.25) is 5.95 Å². The van der Waals surface area contributed by atoms with Crippen molar-refractivity contribution in [2.45, 2.75) is 30.6 Å². The van der Waals surface area contributed by atoms with Crippen molar-refractivity contribution in [2.24, 2.45) is 5.73 Å². The molecular weight excluding hydrogens is 751 g/mol. The van der Waals surface area contributed by atoms with Crippen molar-refractivity contribution in [1.29, 1.82) is 0 Å². The van der Waals surface area contributed by atoms with Crippen LogP contribution in [0, 0.1) is 11.8 Å².